The third-order valence-electron chi connectivity index (χ3n) is 3.09. The zero-order valence-corrected chi connectivity index (χ0v) is 14.6. The molecular formula is C15H15BrO6S. The predicted molar refractivity (Wildman–Crippen MR) is 87.7 cm³/mol. The van der Waals surface area contributed by atoms with Crippen LogP contribution in [0.5, 0.6) is 5.75 Å². The maximum atomic E-state index is 11.9. The van der Waals surface area contributed by atoms with Gasteiger partial charge in [-0.05, 0) is 35.0 Å². The standard InChI is InChI=1S/C15H15BrO6S/c1-2-21-13(19)6-9(11-3-4-12(16)23-11)15-14(20)10(18)5-8(7-17)22-15/h3-5,9,17,20H,2,6-7H2,1H3/t9-/m0/s1. The lowest BCUT2D eigenvalue weighted by molar-refractivity contribution is -0.143. The second-order valence-electron chi connectivity index (χ2n) is 4.65. The van der Waals surface area contributed by atoms with Crippen LogP contribution in [0.1, 0.15) is 35.7 Å². The maximum absolute atomic E-state index is 11.9. The van der Waals surface area contributed by atoms with E-state index >= 15 is 0 Å². The maximum Gasteiger partial charge on any atom is 0.306 e. The van der Waals surface area contributed by atoms with Gasteiger partial charge in [0, 0.05) is 10.9 Å². The van der Waals surface area contributed by atoms with E-state index in [9.17, 15) is 19.8 Å². The van der Waals surface area contributed by atoms with Gasteiger partial charge in [0.05, 0.1) is 22.7 Å². The third kappa shape index (κ3) is 4.21. The number of esters is 1. The Morgan fingerprint density at radius 3 is 2.78 bits per heavy atom. The Morgan fingerprint density at radius 2 is 2.22 bits per heavy atom. The van der Waals surface area contributed by atoms with Gasteiger partial charge in [-0.3, -0.25) is 9.59 Å². The van der Waals surface area contributed by atoms with E-state index in [1.54, 1.807) is 19.1 Å². The van der Waals surface area contributed by atoms with Crippen molar-refractivity contribution in [3.05, 3.63) is 48.6 Å². The molecule has 0 amide bonds. The van der Waals surface area contributed by atoms with E-state index in [1.807, 2.05) is 0 Å². The van der Waals surface area contributed by atoms with Gasteiger partial charge in [-0.25, -0.2) is 0 Å². The lowest BCUT2D eigenvalue weighted by Gasteiger charge is -2.15. The molecule has 0 aromatic carbocycles. The summed E-state index contributed by atoms with van der Waals surface area (Å²) < 4.78 is 11.2. The molecule has 0 saturated carbocycles. The average Bonchev–Trinajstić information content (AvgIpc) is 2.94. The topological polar surface area (TPSA) is 97.0 Å². The van der Waals surface area contributed by atoms with E-state index in [4.69, 9.17) is 9.15 Å². The van der Waals surface area contributed by atoms with E-state index in [0.29, 0.717) is 0 Å². The Kier molecular flexibility index (Phi) is 5.97. The third-order valence-corrected chi connectivity index (χ3v) is 4.82. The zero-order chi connectivity index (χ0) is 17.0. The predicted octanol–water partition coefficient (Wildman–Crippen LogP) is 2.75. The summed E-state index contributed by atoms with van der Waals surface area (Å²) in [4.78, 5) is 24.4. The first-order valence-corrected chi connectivity index (χ1v) is 8.44. The molecule has 0 aliphatic heterocycles. The fourth-order valence-electron chi connectivity index (χ4n) is 2.09. The largest absolute Gasteiger partial charge is 0.502 e. The van der Waals surface area contributed by atoms with Gasteiger partial charge in [0.15, 0.2) is 5.76 Å². The highest BCUT2D eigenvalue weighted by atomic mass is 79.9. The van der Waals surface area contributed by atoms with Crippen LogP contribution >= 0.6 is 27.3 Å². The molecule has 23 heavy (non-hydrogen) atoms. The quantitative estimate of drug-likeness (QED) is 0.720. The van der Waals surface area contributed by atoms with E-state index in [1.165, 1.54) is 11.3 Å². The Hall–Kier alpha value is -1.64. The summed E-state index contributed by atoms with van der Waals surface area (Å²) in [6.07, 6.45) is -0.0911. The normalized spacial score (nSPS) is 12.1. The van der Waals surface area contributed by atoms with Crippen molar-refractivity contribution >= 4 is 33.2 Å². The second kappa shape index (κ2) is 7.76. The van der Waals surface area contributed by atoms with Gasteiger partial charge in [-0.1, -0.05) is 0 Å². The van der Waals surface area contributed by atoms with Crippen molar-refractivity contribution in [2.45, 2.75) is 25.9 Å². The number of aliphatic hydroxyl groups excluding tert-OH is 1. The molecule has 2 N–H and O–H groups in total. The molecule has 0 radical (unpaired) electrons. The van der Waals surface area contributed by atoms with E-state index in [2.05, 4.69) is 15.9 Å². The summed E-state index contributed by atoms with van der Waals surface area (Å²) in [6.45, 7) is 1.44. The van der Waals surface area contributed by atoms with Crippen LogP contribution in [0.4, 0.5) is 0 Å². The van der Waals surface area contributed by atoms with Crippen LogP contribution in [0.2, 0.25) is 0 Å². The van der Waals surface area contributed by atoms with Crippen molar-refractivity contribution in [3.8, 4) is 5.75 Å². The molecule has 0 aliphatic carbocycles. The molecule has 2 heterocycles. The zero-order valence-electron chi connectivity index (χ0n) is 12.2. The smallest absolute Gasteiger partial charge is 0.306 e. The fraction of sp³-hybridized carbons (Fsp3) is 0.333. The summed E-state index contributed by atoms with van der Waals surface area (Å²) >= 11 is 4.69. The van der Waals surface area contributed by atoms with Crippen LogP contribution < -0.4 is 5.43 Å². The summed E-state index contributed by atoms with van der Waals surface area (Å²) in [5, 5.41) is 19.2. The minimum absolute atomic E-state index is 0.0206. The molecule has 2 rings (SSSR count). The molecule has 0 saturated heterocycles. The van der Waals surface area contributed by atoms with Crippen LogP contribution in [0.3, 0.4) is 0 Å². The molecular weight excluding hydrogens is 388 g/mol. The number of hydrogen-bond acceptors (Lipinski definition) is 7. The van der Waals surface area contributed by atoms with Crippen molar-refractivity contribution in [3.63, 3.8) is 0 Å². The molecule has 0 bridgehead atoms. The first-order valence-electron chi connectivity index (χ1n) is 6.83. The minimum Gasteiger partial charge on any atom is -0.502 e. The van der Waals surface area contributed by atoms with Gasteiger partial charge in [0.25, 0.3) is 0 Å². The Labute approximate surface area is 144 Å². The number of hydrogen-bond donors (Lipinski definition) is 2. The van der Waals surface area contributed by atoms with Crippen LogP contribution in [-0.4, -0.2) is 22.8 Å². The number of ether oxygens (including phenoxy) is 1. The van der Waals surface area contributed by atoms with Crippen molar-refractivity contribution in [2.75, 3.05) is 6.61 Å². The van der Waals surface area contributed by atoms with Crippen molar-refractivity contribution in [1.29, 1.82) is 0 Å². The monoisotopic (exact) mass is 402 g/mol. The highest BCUT2D eigenvalue weighted by molar-refractivity contribution is 9.11. The second-order valence-corrected chi connectivity index (χ2v) is 7.15. The van der Waals surface area contributed by atoms with E-state index in [0.717, 1.165) is 14.7 Å². The molecule has 2 aromatic rings. The molecule has 8 heteroatoms. The number of aliphatic hydroxyl groups is 1. The lowest BCUT2D eigenvalue weighted by atomic mass is 9.99. The number of carbonyl (C=O) groups is 1. The van der Waals surface area contributed by atoms with Crippen LogP contribution in [0.25, 0.3) is 0 Å². The van der Waals surface area contributed by atoms with Gasteiger partial charge in [0.1, 0.15) is 12.4 Å². The summed E-state index contributed by atoms with van der Waals surface area (Å²) in [7, 11) is 0. The van der Waals surface area contributed by atoms with Gasteiger partial charge in [-0.15, -0.1) is 11.3 Å². The Balaban J connectivity index is 2.51. The highest BCUT2D eigenvalue weighted by Crippen LogP contribution is 2.38. The van der Waals surface area contributed by atoms with Crippen molar-refractivity contribution in [1.82, 2.24) is 0 Å². The summed E-state index contributed by atoms with van der Waals surface area (Å²) in [6, 6.07) is 4.58. The molecule has 2 aromatic heterocycles. The van der Waals surface area contributed by atoms with Gasteiger partial charge in [-0.2, -0.15) is 0 Å². The summed E-state index contributed by atoms with van der Waals surface area (Å²) in [5.74, 6) is -1.75. The Morgan fingerprint density at radius 1 is 1.48 bits per heavy atom. The Bertz CT molecular complexity index is 751. The average molecular weight is 403 g/mol. The number of aromatic hydroxyl groups is 1. The number of carbonyl (C=O) groups excluding carboxylic acids is 1. The van der Waals surface area contributed by atoms with E-state index < -0.39 is 29.7 Å². The number of rotatable bonds is 6. The number of thiophene rings is 1. The van der Waals surface area contributed by atoms with Crippen molar-refractivity contribution < 1.29 is 24.2 Å². The molecule has 0 aliphatic rings. The SMILES string of the molecule is CCOC(=O)C[C@@H](c1ccc(Br)s1)c1oc(CO)cc(=O)c1O. The van der Waals surface area contributed by atoms with Gasteiger partial charge in [0.2, 0.25) is 11.2 Å². The first-order chi connectivity index (χ1) is 11.0. The molecule has 1 atom stereocenters. The van der Waals surface area contributed by atoms with Crippen molar-refractivity contribution in [2.24, 2.45) is 0 Å². The van der Waals surface area contributed by atoms with E-state index in [-0.39, 0.29) is 24.5 Å². The minimum atomic E-state index is -0.676. The van der Waals surface area contributed by atoms with Crippen LogP contribution in [0.15, 0.2) is 31.2 Å². The highest BCUT2D eigenvalue weighted by Gasteiger charge is 2.27. The summed E-state index contributed by atoms with van der Waals surface area (Å²) in [5.41, 5.74) is -0.667. The molecule has 6 nitrogen and oxygen atoms in total. The lowest BCUT2D eigenvalue weighted by Crippen LogP contribution is -2.14. The molecule has 0 unspecified atom stereocenters. The van der Waals surface area contributed by atoms with Gasteiger partial charge >= 0.3 is 5.97 Å². The van der Waals surface area contributed by atoms with Crippen LogP contribution in [-0.2, 0) is 16.1 Å². The number of halogens is 1. The molecule has 0 fully saturated rings. The fourth-order valence-corrected chi connectivity index (χ4v) is 3.62. The van der Waals surface area contributed by atoms with Crippen LogP contribution in [0, 0.1) is 0 Å². The molecule has 124 valence electrons. The van der Waals surface area contributed by atoms with Gasteiger partial charge < -0.3 is 19.4 Å². The molecule has 0 spiro atoms. The first kappa shape index (κ1) is 17.7.